The van der Waals surface area contributed by atoms with Crippen LogP contribution < -0.4 is 16.4 Å². The third-order valence-corrected chi connectivity index (χ3v) is 2.81. The summed E-state index contributed by atoms with van der Waals surface area (Å²) >= 11 is 1.42. The van der Waals surface area contributed by atoms with Crippen molar-refractivity contribution in [1.82, 2.24) is 9.36 Å². The van der Waals surface area contributed by atoms with Crippen molar-refractivity contribution in [2.45, 2.75) is 19.8 Å². The van der Waals surface area contributed by atoms with Crippen LogP contribution in [0.25, 0.3) is 0 Å². The molecule has 6 heteroatoms. The topological polar surface area (TPSA) is 81.1 Å². The number of nitrogens with zero attached hydrogens (tertiary/aromatic N) is 3. The first-order chi connectivity index (χ1) is 7.19. The van der Waals surface area contributed by atoms with Gasteiger partial charge in [0.15, 0.2) is 0 Å². The number of rotatable bonds is 6. The lowest BCUT2D eigenvalue weighted by molar-refractivity contribution is 0.760. The first-order valence-electron chi connectivity index (χ1n) is 5.17. The molecule has 0 fully saturated rings. The molecule has 0 amide bonds. The lowest BCUT2D eigenvalue weighted by Gasteiger charge is -2.19. The maximum atomic E-state index is 5.54. The van der Waals surface area contributed by atoms with Gasteiger partial charge in [0.1, 0.15) is 5.82 Å². The van der Waals surface area contributed by atoms with E-state index in [0.29, 0.717) is 19.0 Å². The molecule has 15 heavy (non-hydrogen) atoms. The van der Waals surface area contributed by atoms with Crippen molar-refractivity contribution < 1.29 is 0 Å². The van der Waals surface area contributed by atoms with Gasteiger partial charge in [0.2, 0.25) is 5.13 Å². The van der Waals surface area contributed by atoms with Crippen LogP contribution in [-0.4, -0.2) is 35.5 Å². The Bertz CT molecular complexity index is 280. The summed E-state index contributed by atoms with van der Waals surface area (Å²) < 4.78 is 4.31. The van der Waals surface area contributed by atoms with Crippen LogP contribution in [0.5, 0.6) is 0 Å². The minimum Gasteiger partial charge on any atom is -0.344 e. The van der Waals surface area contributed by atoms with Gasteiger partial charge in [-0.15, -0.1) is 0 Å². The molecular weight excluding hydrogens is 210 g/mol. The fourth-order valence-corrected chi connectivity index (χ4v) is 2.06. The summed E-state index contributed by atoms with van der Waals surface area (Å²) in [7, 11) is 0. The molecule has 0 saturated carbocycles. The number of anilines is 1. The molecular formula is C9H19N5S. The van der Waals surface area contributed by atoms with Gasteiger partial charge in [-0.3, -0.25) is 0 Å². The molecule has 0 aliphatic rings. The van der Waals surface area contributed by atoms with Crippen LogP contribution in [0.15, 0.2) is 0 Å². The molecule has 5 nitrogen and oxygen atoms in total. The van der Waals surface area contributed by atoms with Crippen molar-refractivity contribution in [2.75, 3.05) is 31.1 Å². The van der Waals surface area contributed by atoms with Crippen LogP contribution in [0.3, 0.4) is 0 Å². The summed E-state index contributed by atoms with van der Waals surface area (Å²) in [6.07, 6.45) is 0. The standard InChI is InChI=1S/C9H19N5S/c1-7(2)8-12-9(15-13-8)14(5-3-10)6-4-11/h7H,3-6,10-11H2,1-2H3. The summed E-state index contributed by atoms with van der Waals surface area (Å²) in [4.78, 5) is 6.56. The van der Waals surface area contributed by atoms with Gasteiger partial charge < -0.3 is 16.4 Å². The van der Waals surface area contributed by atoms with Gasteiger partial charge in [0.25, 0.3) is 0 Å². The molecule has 1 aromatic rings. The first kappa shape index (κ1) is 12.4. The van der Waals surface area contributed by atoms with Crippen molar-refractivity contribution in [3.05, 3.63) is 5.82 Å². The monoisotopic (exact) mass is 229 g/mol. The molecule has 1 aromatic heterocycles. The Morgan fingerprint density at radius 3 is 2.27 bits per heavy atom. The van der Waals surface area contributed by atoms with Crippen molar-refractivity contribution >= 4 is 16.7 Å². The van der Waals surface area contributed by atoms with Gasteiger partial charge in [-0.25, -0.2) is 4.98 Å². The van der Waals surface area contributed by atoms with Crippen molar-refractivity contribution in [1.29, 1.82) is 0 Å². The fraction of sp³-hybridized carbons (Fsp3) is 0.778. The minimum absolute atomic E-state index is 0.368. The van der Waals surface area contributed by atoms with E-state index in [-0.39, 0.29) is 0 Å². The van der Waals surface area contributed by atoms with Gasteiger partial charge in [-0.1, -0.05) is 13.8 Å². The molecule has 0 atom stereocenters. The van der Waals surface area contributed by atoms with E-state index in [0.717, 1.165) is 24.0 Å². The van der Waals surface area contributed by atoms with Gasteiger partial charge in [-0.05, 0) is 0 Å². The van der Waals surface area contributed by atoms with E-state index in [1.165, 1.54) is 11.5 Å². The van der Waals surface area contributed by atoms with E-state index in [1.807, 2.05) is 0 Å². The molecule has 1 rings (SSSR count). The van der Waals surface area contributed by atoms with Crippen molar-refractivity contribution in [2.24, 2.45) is 11.5 Å². The average molecular weight is 229 g/mol. The Kier molecular flexibility index (Phi) is 4.93. The van der Waals surface area contributed by atoms with Crippen LogP contribution in [0.4, 0.5) is 5.13 Å². The quantitative estimate of drug-likeness (QED) is 0.737. The van der Waals surface area contributed by atoms with Crippen LogP contribution in [0.2, 0.25) is 0 Å². The smallest absolute Gasteiger partial charge is 0.205 e. The zero-order chi connectivity index (χ0) is 11.3. The SMILES string of the molecule is CC(C)c1nsc(N(CCN)CCN)n1. The zero-order valence-corrected chi connectivity index (χ0v) is 10.1. The average Bonchev–Trinajstić information content (AvgIpc) is 2.66. The maximum absolute atomic E-state index is 5.54. The molecule has 0 unspecified atom stereocenters. The highest BCUT2D eigenvalue weighted by molar-refractivity contribution is 7.09. The number of nitrogens with two attached hydrogens (primary N) is 2. The molecule has 0 aliphatic carbocycles. The second-order valence-corrected chi connectivity index (χ2v) is 4.38. The van der Waals surface area contributed by atoms with E-state index >= 15 is 0 Å². The Hall–Kier alpha value is -0.720. The van der Waals surface area contributed by atoms with E-state index in [4.69, 9.17) is 11.5 Å². The summed E-state index contributed by atoms with van der Waals surface area (Å²) in [5.74, 6) is 1.27. The largest absolute Gasteiger partial charge is 0.344 e. The predicted octanol–water partition coefficient (Wildman–Crippen LogP) is 0.385. The third kappa shape index (κ3) is 3.40. The predicted molar refractivity (Wildman–Crippen MR) is 64.3 cm³/mol. The highest BCUT2D eigenvalue weighted by Crippen LogP contribution is 2.20. The van der Waals surface area contributed by atoms with Crippen LogP contribution >= 0.6 is 11.5 Å². The second kappa shape index (κ2) is 5.99. The molecule has 0 radical (unpaired) electrons. The molecule has 0 saturated heterocycles. The Morgan fingerprint density at radius 2 is 1.87 bits per heavy atom. The number of hydrogen-bond acceptors (Lipinski definition) is 6. The van der Waals surface area contributed by atoms with Crippen LogP contribution in [0.1, 0.15) is 25.6 Å². The van der Waals surface area contributed by atoms with Gasteiger partial charge in [0.05, 0.1) is 0 Å². The lowest BCUT2D eigenvalue weighted by atomic mass is 10.2. The highest BCUT2D eigenvalue weighted by Gasteiger charge is 2.12. The van der Waals surface area contributed by atoms with Crippen LogP contribution in [0, 0.1) is 0 Å². The fourth-order valence-electron chi connectivity index (χ4n) is 1.20. The minimum atomic E-state index is 0.368. The van der Waals surface area contributed by atoms with Gasteiger partial charge in [0, 0.05) is 43.6 Å². The molecule has 1 heterocycles. The Labute approximate surface area is 94.6 Å². The molecule has 0 aliphatic heterocycles. The van der Waals surface area contributed by atoms with E-state index in [1.54, 1.807) is 0 Å². The second-order valence-electron chi connectivity index (χ2n) is 3.65. The summed E-state index contributed by atoms with van der Waals surface area (Å²) in [5, 5.41) is 0.926. The lowest BCUT2D eigenvalue weighted by Crippen LogP contribution is -2.33. The van der Waals surface area contributed by atoms with Crippen molar-refractivity contribution in [3.63, 3.8) is 0 Å². The number of aromatic nitrogens is 2. The molecule has 0 aromatic carbocycles. The highest BCUT2D eigenvalue weighted by atomic mass is 32.1. The first-order valence-corrected chi connectivity index (χ1v) is 5.95. The van der Waals surface area contributed by atoms with E-state index in [2.05, 4.69) is 28.1 Å². The maximum Gasteiger partial charge on any atom is 0.205 e. The third-order valence-electron chi connectivity index (χ3n) is 2.02. The molecule has 4 N–H and O–H groups in total. The van der Waals surface area contributed by atoms with E-state index in [9.17, 15) is 0 Å². The number of hydrogen-bond donors (Lipinski definition) is 2. The van der Waals surface area contributed by atoms with Gasteiger partial charge >= 0.3 is 0 Å². The summed E-state index contributed by atoms with van der Waals surface area (Å²) in [6, 6.07) is 0. The Balaban J connectivity index is 2.72. The van der Waals surface area contributed by atoms with E-state index < -0.39 is 0 Å². The van der Waals surface area contributed by atoms with Crippen LogP contribution in [-0.2, 0) is 0 Å². The van der Waals surface area contributed by atoms with Gasteiger partial charge in [-0.2, -0.15) is 4.37 Å². The Morgan fingerprint density at radius 1 is 1.27 bits per heavy atom. The summed E-state index contributed by atoms with van der Waals surface area (Å²) in [6.45, 7) is 6.95. The normalized spacial score (nSPS) is 11.0. The summed E-state index contributed by atoms with van der Waals surface area (Å²) in [5.41, 5.74) is 11.1. The zero-order valence-electron chi connectivity index (χ0n) is 9.31. The molecule has 0 spiro atoms. The molecule has 86 valence electrons. The van der Waals surface area contributed by atoms with Crippen molar-refractivity contribution in [3.8, 4) is 0 Å². The molecule has 0 bridgehead atoms.